The number of oxazole rings is 1. The molecule has 2 aliphatic rings. The van der Waals surface area contributed by atoms with Crippen LogP contribution in [0.5, 0.6) is 0 Å². The van der Waals surface area contributed by atoms with Crippen LogP contribution in [0.15, 0.2) is 46.9 Å². The second-order valence-corrected chi connectivity index (χ2v) is 10.8. The summed E-state index contributed by atoms with van der Waals surface area (Å²) in [6, 6.07) is 14.6. The molecular formula is C31H41N3O2. The number of fused-ring (bicyclic) bond motifs is 1. The number of Topliss-reactive ketones (excluding diaryl/α,β-unsaturated/α-hetero) is 1. The van der Waals surface area contributed by atoms with Crippen molar-refractivity contribution in [1.82, 2.24) is 14.8 Å². The van der Waals surface area contributed by atoms with E-state index in [4.69, 9.17) is 9.40 Å². The highest BCUT2D eigenvalue weighted by Crippen LogP contribution is 2.30. The molecular weight excluding hydrogens is 446 g/mol. The molecule has 0 amide bonds. The lowest BCUT2D eigenvalue weighted by molar-refractivity contribution is -0.124. The van der Waals surface area contributed by atoms with E-state index in [0.29, 0.717) is 11.7 Å². The van der Waals surface area contributed by atoms with Crippen molar-refractivity contribution < 1.29 is 9.21 Å². The maximum Gasteiger partial charge on any atom is 0.227 e. The molecule has 36 heavy (non-hydrogen) atoms. The van der Waals surface area contributed by atoms with E-state index in [1.54, 1.807) is 0 Å². The summed E-state index contributed by atoms with van der Waals surface area (Å²) in [5.74, 6) is 2.32. The monoisotopic (exact) mass is 487 g/mol. The summed E-state index contributed by atoms with van der Waals surface area (Å²) in [5, 5.41) is 2.36. The molecule has 3 heterocycles. The van der Waals surface area contributed by atoms with E-state index >= 15 is 0 Å². The van der Waals surface area contributed by atoms with Gasteiger partial charge in [0.15, 0.2) is 0 Å². The van der Waals surface area contributed by atoms with Gasteiger partial charge in [0, 0.05) is 24.4 Å². The first-order chi connectivity index (χ1) is 17.7. The summed E-state index contributed by atoms with van der Waals surface area (Å²) in [4.78, 5) is 22.8. The molecule has 5 nitrogen and oxygen atoms in total. The van der Waals surface area contributed by atoms with Gasteiger partial charge >= 0.3 is 0 Å². The van der Waals surface area contributed by atoms with Gasteiger partial charge in [-0.05, 0) is 95.0 Å². The quantitative estimate of drug-likeness (QED) is 0.317. The molecule has 5 heteroatoms. The maximum absolute atomic E-state index is 12.8. The van der Waals surface area contributed by atoms with Gasteiger partial charge in [0.25, 0.3) is 0 Å². The average Bonchev–Trinajstić information content (AvgIpc) is 3.09. The van der Waals surface area contributed by atoms with E-state index in [0.717, 1.165) is 68.8 Å². The molecule has 0 atom stereocenters. The second kappa shape index (κ2) is 12.2. The van der Waals surface area contributed by atoms with Crippen molar-refractivity contribution in [2.24, 2.45) is 5.92 Å². The number of rotatable bonds is 9. The van der Waals surface area contributed by atoms with E-state index in [2.05, 4.69) is 52.3 Å². The van der Waals surface area contributed by atoms with E-state index in [9.17, 15) is 4.79 Å². The number of carbonyl (C=O) groups is 1. The van der Waals surface area contributed by atoms with Gasteiger partial charge in [0.05, 0.1) is 5.69 Å². The minimum atomic E-state index is 0.240. The minimum Gasteiger partial charge on any atom is -0.441 e. The number of aromatic nitrogens is 1. The Balaban J connectivity index is 1.08. The first-order valence-electron chi connectivity index (χ1n) is 14.1. The van der Waals surface area contributed by atoms with E-state index < -0.39 is 0 Å². The molecule has 0 N–H and O–H groups in total. The van der Waals surface area contributed by atoms with Gasteiger partial charge in [-0.2, -0.15) is 0 Å². The Labute approximate surface area is 215 Å². The SMILES string of the molecule is Cc1oc(-c2cccc3ccccc23)nc1CN1CCC(C(=O)CCCCN2CCCCCC2)CC1. The Kier molecular flexibility index (Phi) is 8.50. The fraction of sp³-hybridized carbons (Fsp3) is 0.548. The summed E-state index contributed by atoms with van der Waals surface area (Å²) in [5.41, 5.74) is 2.05. The van der Waals surface area contributed by atoms with Crippen molar-refractivity contribution in [1.29, 1.82) is 0 Å². The number of unbranched alkanes of at least 4 members (excludes halogenated alkanes) is 1. The zero-order chi connectivity index (χ0) is 24.7. The standard InChI is InChI=1S/C31H41N3O2/c1-24-29(32-31(36-24)28-14-10-12-25-11-4-5-13-27(25)28)23-34-21-16-26(17-22-34)30(35)15-6-9-20-33-18-7-2-3-8-19-33/h4-5,10-14,26H,2-3,6-9,15-23H2,1H3. The van der Waals surface area contributed by atoms with Crippen LogP contribution in [-0.2, 0) is 11.3 Å². The summed E-state index contributed by atoms with van der Waals surface area (Å²) in [7, 11) is 0. The Morgan fingerprint density at radius 2 is 1.67 bits per heavy atom. The number of aryl methyl sites for hydroxylation is 1. The summed E-state index contributed by atoms with van der Waals surface area (Å²) in [6.07, 6.45) is 10.4. The third-order valence-corrected chi connectivity index (χ3v) is 8.18. The Hall–Kier alpha value is -2.50. The normalized spacial score (nSPS) is 18.5. The average molecular weight is 488 g/mol. The van der Waals surface area contributed by atoms with E-state index in [-0.39, 0.29) is 5.92 Å². The molecule has 0 bridgehead atoms. The molecule has 2 aromatic carbocycles. The van der Waals surface area contributed by atoms with Crippen molar-refractivity contribution >= 4 is 16.6 Å². The Morgan fingerprint density at radius 1 is 0.917 bits per heavy atom. The van der Waals surface area contributed by atoms with Gasteiger partial charge in [-0.3, -0.25) is 9.69 Å². The van der Waals surface area contributed by atoms with Crippen molar-refractivity contribution in [3.63, 3.8) is 0 Å². The highest BCUT2D eigenvalue weighted by atomic mass is 16.4. The van der Waals surface area contributed by atoms with Gasteiger partial charge in [0.2, 0.25) is 5.89 Å². The molecule has 0 spiro atoms. The zero-order valence-corrected chi connectivity index (χ0v) is 21.9. The van der Waals surface area contributed by atoms with Crippen LogP contribution in [0.2, 0.25) is 0 Å². The van der Waals surface area contributed by atoms with Gasteiger partial charge in [-0.25, -0.2) is 4.98 Å². The van der Waals surface area contributed by atoms with E-state index in [1.165, 1.54) is 56.1 Å². The first-order valence-corrected chi connectivity index (χ1v) is 14.1. The molecule has 0 radical (unpaired) electrons. The number of piperidine rings is 1. The lowest BCUT2D eigenvalue weighted by Gasteiger charge is -2.30. The van der Waals surface area contributed by atoms with E-state index in [1.807, 2.05) is 6.92 Å². The van der Waals surface area contributed by atoms with Gasteiger partial charge in [0.1, 0.15) is 11.5 Å². The molecule has 192 valence electrons. The smallest absolute Gasteiger partial charge is 0.227 e. The van der Waals surface area contributed by atoms with Gasteiger partial charge < -0.3 is 9.32 Å². The molecule has 2 fully saturated rings. The van der Waals surface area contributed by atoms with Crippen molar-refractivity contribution in [3.05, 3.63) is 53.9 Å². The summed E-state index contributed by atoms with van der Waals surface area (Å²) in [6.45, 7) is 8.39. The largest absolute Gasteiger partial charge is 0.441 e. The summed E-state index contributed by atoms with van der Waals surface area (Å²) < 4.78 is 6.12. The maximum atomic E-state index is 12.8. The summed E-state index contributed by atoms with van der Waals surface area (Å²) >= 11 is 0. The molecule has 5 rings (SSSR count). The molecule has 0 aliphatic carbocycles. The lowest BCUT2D eigenvalue weighted by Crippen LogP contribution is -2.36. The van der Waals surface area contributed by atoms with Crippen LogP contribution in [-0.4, -0.2) is 53.3 Å². The molecule has 0 unspecified atom stereocenters. The van der Waals surface area contributed by atoms with Crippen LogP contribution in [0.4, 0.5) is 0 Å². The predicted molar refractivity (Wildman–Crippen MR) is 146 cm³/mol. The number of ketones is 1. The second-order valence-electron chi connectivity index (χ2n) is 10.8. The highest BCUT2D eigenvalue weighted by molar-refractivity contribution is 5.94. The van der Waals surface area contributed by atoms with Crippen LogP contribution in [0.1, 0.15) is 69.2 Å². The minimum absolute atomic E-state index is 0.240. The Bertz CT molecular complexity index is 1130. The fourth-order valence-corrected chi connectivity index (χ4v) is 5.93. The third-order valence-electron chi connectivity index (χ3n) is 8.18. The fourth-order valence-electron chi connectivity index (χ4n) is 5.93. The topological polar surface area (TPSA) is 49.6 Å². The van der Waals surface area contributed by atoms with Crippen LogP contribution >= 0.6 is 0 Å². The zero-order valence-electron chi connectivity index (χ0n) is 21.9. The molecule has 2 aliphatic heterocycles. The van der Waals surface area contributed by atoms with Gasteiger partial charge in [-0.15, -0.1) is 0 Å². The number of nitrogens with zero attached hydrogens (tertiary/aromatic N) is 3. The van der Waals surface area contributed by atoms with Gasteiger partial charge in [-0.1, -0.05) is 49.2 Å². The first kappa shape index (κ1) is 25.2. The van der Waals surface area contributed by atoms with Crippen molar-refractivity contribution in [2.75, 3.05) is 32.7 Å². The number of hydrogen-bond donors (Lipinski definition) is 0. The highest BCUT2D eigenvalue weighted by Gasteiger charge is 2.26. The molecule has 3 aromatic rings. The molecule has 0 saturated carbocycles. The van der Waals surface area contributed by atoms with Crippen molar-refractivity contribution in [3.8, 4) is 11.5 Å². The van der Waals surface area contributed by atoms with Crippen LogP contribution in [0.3, 0.4) is 0 Å². The Morgan fingerprint density at radius 3 is 2.47 bits per heavy atom. The number of hydrogen-bond acceptors (Lipinski definition) is 5. The predicted octanol–water partition coefficient (Wildman–Crippen LogP) is 6.63. The van der Waals surface area contributed by atoms with Crippen LogP contribution < -0.4 is 0 Å². The van der Waals surface area contributed by atoms with Crippen LogP contribution in [0.25, 0.3) is 22.2 Å². The number of likely N-dealkylation sites (tertiary alicyclic amines) is 2. The number of benzene rings is 2. The lowest BCUT2D eigenvalue weighted by atomic mass is 9.90. The third kappa shape index (κ3) is 6.24. The molecule has 1 aromatic heterocycles. The molecule has 2 saturated heterocycles. The van der Waals surface area contributed by atoms with Crippen LogP contribution in [0, 0.1) is 12.8 Å². The van der Waals surface area contributed by atoms with Crippen molar-refractivity contribution in [2.45, 2.75) is 71.3 Å². The number of carbonyl (C=O) groups excluding carboxylic acids is 1.